The largest absolute Gasteiger partial charge is 0.494 e. The van der Waals surface area contributed by atoms with Crippen LogP contribution in [-0.4, -0.2) is 24.2 Å². The summed E-state index contributed by atoms with van der Waals surface area (Å²) in [4.78, 5) is 10.5. The van der Waals surface area contributed by atoms with Crippen molar-refractivity contribution >= 4 is 11.7 Å². The van der Waals surface area contributed by atoms with Crippen LogP contribution in [0.3, 0.4) is 0 Å². The highest BCUT2D eigenvalue weighted by Gasteiger charge is 2.06. The Hall–Kier alpha value is -1.71. The molecule has 1 atom stereocenters. The molecule has 1 aromatic carbocycles. The number of nitrogens with one attached hydrogen (secondary N) is 1. The Kier molecular flexibility index (Phi) is 5.33. The topological polar surface area (TPSA) is 58.6 Å². The number of carboxylic acids is 1. The van der Waals surface area contributed by atoms with Gasteiger partial charge in [-0.1, -0.05) is 6.92 Å². The molecule has 0 fully saturated rings. The minimum absolute atomic E-state index is 0.110. The van der Waals surface area contributed by atoms with Crippen molar-refractivity contribution in [1.82, 2.24) is 0 Å². The molecule has 1 aromatic rings. The van der Waals surface area contributed by atoms with Gasteiger partial charge in [0.2, 0.25) is 0 Å². The molecule has 0 saturated carbocycles. The lowest BCUT2D eigenvalue weighted by Crippen LogP contribution is -2.14. The summed E-state index contributed by atoms with van der Waals surface area (Å²) in [5, 5.41) is 11.8. The molecule has 0 heterocycles. The number of hydrogen-bond acceptors (Lipinski definition) is 3. The zero-order valence-corrected chi connectivity index (χ0v) is 10.3. The van der Waals surface area contributed by atoms with Gasteiger partial charge in [-0.3, -0.25) is 4.79 Å². The van der Waals surface area contributed by atoms with Crippen LogP contribution in [0.2, 0.25) is 0 Å². The summed E-state index contributed by atoms with van der Waals surface area (Å²) < 4.78 is 5.33. The molecule has 0 aliphatic rings. The smallest absolute Gasteiger partial charge is 0.303 e. The van der Waals surface area contributed by atoms with E-state index in [1.165, 1.54) is 0 Å². The van der Waals surface area contributed by atoms with E-state index in [-0.39, 0.29) is 12.3 Å². The fourth-order valence-electron chi connectivity index (χ4n) is 1.50. The van der Waals surface area contributed by atoms with E-state index in [1.54, 1.807) is 0 Å². The van der Waals surface area contributed by atoms with Crippen LogP contribution < -0.4 is 10.1 Å². The van der Waals surface area contributed by atoms with Gasteiger partial charge in [-0.05, 0) is 37.1 Å². The lowest BCUT2D eigenvalue weighted by molar-refractivity contribution is -0.137. The van der Waals surface area contributed by atoms with Gasteiger partial charge in [0.15, 0.2) is 0 Å². The van der Waals surface area contributed by atoms with Gasteiger partial charge in [-0.25, -0.2) is 0 Å². The molecule has 0 aliphatic heterocycles. The Morgan fingerprint density at radius 2 is 2.06 bits per heavy atom. The molecular formula is C13H19NO3. The standard InChI is InChI=1S/C13H19NO3/c1-3-17-12-6-4-11(5-7-12)14-9-10(2)8-13(15)16/h4-7,10,14H,3,8-9H2,1-2H3,(H,15,16). The SMILES string of the molecule is CCOc1ccc(NCC(C)CC(=O)O)cc1. The van der Waals surface area contributed by atoms with E-state index in [4.69, 9.17) is 9.84 Å². The lowest BCUT2D eigenvalue weighted by atomic mass is 10.1. The molecule has 1 unspecified atom stereocenters. The molecule has 94 valence electrons. The van der Waals surface area contributed by atoms with Crippen molar-refractivity contribution in [3.63, 3.8) is 0 Å². The minimum Gasteiger partial charge on any atom is -0.494 e. The number of rotatable bonds is 7. The highest BCUT2D eigenvalue weighted by atomic mass is 16.5. The Labute approximate surface area is 102 Å². The molecule has 4 nitrogen and oxygen atoms in total. The first-order chi connectivity index (χ1) is 8.11. The second-order valence-corrected chi connectivity index (χ2v) is 4.04. The Bertz CT molecular complexity index is 348. The quantitative estimate of drug-likeness (QED) is 0.765. The number of carbonyl (C=O) groups is 1. The third-order valence-electron chi connectivity index (χ3n) is 2.34. The van der Waals surface area contributed by atoms with Crippen LogP contribution in [0, 0.1) is 5.92 Å². The zero-order chi connectivity index (χ0) is 12.7. The van der Waals surface area contributed by atoms with E-state index in [1.807, 2.05) is 38.1 Å². The van der Waals surface area contributed by atoms with Crippen molar-refractivity contribution in [2.75, 3.05) is 18.5 Å². The van der Waals surface area contributed by atoms with E-state index in [0.29, 0.717) is 13.2 Å². The third-order valence-corrected chi connectivity index (χ3v) is 2.34. The molecular weight excluding hydrogens is 218 g/mol. The number of hydrogen-bond donors (Lipinski definition) is 2. The lowest BCUT2D eigenvalue weighted by Gasteiger charge is -2.12. The van der Waals surface area contributed by atoms with Crippen LogP contribution in [0.5, 0.6) is 5.75 Å². The van der Waals surface area contributed by atoms with Gasteiger partial charge in [0.05, 0.1) is 6.61 Å². The average molecular weight is 237 g/mol. The van der Waals surface area contributed by atoms with E-state index in [0.717, 1.165) is 11.4 Å². The van der Waals surface area contributed by atoms with Crippen LogP contribution in [0.25, 0.3) is 0 Å². The van der Waals surface area contributed by atoms with Crippen molar-refractivity contribution < 1.29 is 14.6 Å². The van der Waals surface area contributed by atoms with Gasteiger partial charge in [0.25, 0.3) is 0 Å². The summed E-state index contributed by atoms with van der Waals surface area (Å²) in [5.41, 5.74) is 0.977. The molecule has 0 aromatic heterocycles. The Morgan fingerprint density at radius 1 is 1.41 bits per heavy atom. The predicted molar refractivity (Wildman–Crippen MR) is 67.5 cm³/mol. The van der Waals surface area contributed by atoms with E-state index < -0.39 is 5.97 Å². The molecule has 0 bridgehead atoms. The second-order valence-electron chi connectivity index (χ2n) is 4.04. The number of anilines is 1. The van der Waals surface area contributed by atoms with Crippen LogP contribution in [0.1, 0.15) is 20.3 Å². The van der Waals surface area contributed by atoms with Crippen LogP contribution in [0.4, 0.5) is 5.69 Å². The van der Waals surface area contributed by atoms with Gasteiger partial charge in [-0.2, -0.15) is 0 Å². The first kappa shape index (κ1) is 13.4. The maximum absolute atomic E-state index is 10.5. The molecule has 17 heavy (non-hydrogen) atoms. The van der Waals surface area contributed by atoms with Gasteiger partial charge in [0.1, 0.15) is 5.75 Å². The Morgan fingerprint density at radius 3 is 2.59 bits per heavy atom. The van der Waals surface area contributed by atoms with Gasteiger partial charge in [0, 0.05) is 18.7 Å². The molecule has 2 N–H and O–H groups in total. The average Bonchev–Trinajstić information content (AvgIpc) is 2.28. The van der Waals surface area contributed by atoms with E-state index >= 15 is 0 Å². The number of benzene rings is 1. The van der Waals surface area contributed by atoms with Crippen molar-refractivity contribution in [3.8, 4) is 5.75 Å². The van der Waals surface area contributed by atoms with Crippen LogP contribution >= 0.6 is 0 Å². The minimum atomic E-state index is -0.758. The molecule has 0 radical (unpaired) electrons. The molecule has 0 spiro atoms. The first-order valence-corrected chi connectivity index (χ1v) is 5.80. The molecule has 0 saturated heterocycles. The van der Waals surface area contributed by atoms with Crippen LogP contribution in [-0.2, 0) is 4.79 Å². The van der Waals surface area contributed by atoms with E-state index in [9.17, 15) is 4.79 Å². The summed E-state index contributed by atoms with van der Waals surface area (Å²) >= 11 is 0. The molecule has 4 heteroatoms. The van der Waals surface area contributed by atoms with Crippen molar-refractivity contribution in [1.29, 1.82) is 0 Å². The summed E-state index contributed by atoms with van der Waals surface area (Å²) in [6.07, 6.45) is 0.185. The number of carboxylic acid groups (broad SMARTS) is 1. The highest BCUT2D eigenvalue weighted by molar-refractivity contribution is 5.67. The zero-order valence-electron chi connectivity index (χ0n) is 10.3. The normalized spacial score (nSPS) is 11.9. The summed E-state index contributed by atoms with van der Waals surface area (Å²) in [7, 11) is 0. The predicted octanol–water partition coefficient (Wildman–Crippen LogP) is 2.61. The second kappa shape index (κ2) is 6.78. The molecule has 0 amide bonds. The number of ether oxygens (including phenoxy) is 1. The monoisotopic (exact) mass is 237 g/mol. The summed E-state index contributed by atoms with van der Waals surface area (Å²) in [6, 6.07) is 7.65. The van der Waals surface area contributed by atoms with Gasteiger partial charge in [-0.15, -0.1) is 0 Å². The maximum atomic E-state index is 10.5. The fourth-order valence-corrected chi connectivity index (χ4v) is 1.50. The summed E-state index contributed by atoms with van der Waals surface area (Å²) in [5.74, 6) is 0.196. The first-order valence-electron chi connectivity index (χ1n) is 5.80. The Balaban J connectivity index is 2.38. The van der Waals surface area contributed by atoms with Crippen molar-refractivity contribution in [2.24, 2.45) is 5.92 Å². The number of aliphatic carboxylic acids is 1. The molecule has 1 rings (SSSR count). The summed E-state index contributed by atoms with van der Waals surface area (Å²) in [6.45, 7) is 5.16. The highest BCUT2D eigenvalue weighted by Crippen LogP contribution is 2.16. The van der Waals surface area contributed by atoms with Gasteiger partial charge >= 0.3 is 5.97 Å². The molecule has 0 aliphatic carbocycles. The third kappa shape index (κ3) is 5.24. The van der Waals surface area contributed by atoms with Crippen molar-refractivity contribution in [2.45, 2.75) is 20.3 Å². The fraction of sp³-hybridized carbons (Fsp3) is 0.462. The van der Waals surface area contributed by atoms with Gasteiger partial charge < -0.3 is 15.2 Å². The van der Waals surface area contributed by atoms with Crippen LogP contribution in [0.15, 0.2) is 24.3 Å². The van der Waals surface area contributed by atoms with Crippen molar-refractivity contribution in [3.05, 3.63) is 24.3 Å². The van der Waals surface area contributed by atoms with E-state index in [2.05, 4.69) is 5.32 Å². The maximum Gasteiger partial charge on any atom is 0.303 e.